The van der Waals surface area contributed by atoms with Gasteiger partial charge in [-0.2, -0.15) is 4.31 Å². The summed E-state index contributed by atoms with van der Waals surface area (Å²) in [6, 6.07) is 4.01. The fourth-order valence-electron chi connectivity index (χ4n) is 3.66. The van der Waals surface area contributed by atoms with Crippen molar-refractivity contribution >= 4 is 21.4 Å². The number of likely N-dealkylation sites (N-methyl/N-ethyl adjacent to an activating group) is 1. The van der Waals surface area contributed by atoms with Gasteiger partial charge in [-0.15, -0.1) is 11.3 Å². The van der Waals surface area contributed by atoms with E-state index >= 15 is 0 Å². The first-order valence-corrected chi connectivity index (χ1v) is 10.1. The minimum atomic E-state index is -3.28. The second-order valence-electron chi connectivity index (χ2n) is 6.09. The van der Waals surface area contributed by atoms with Crippen molar-refractivity contribution in [1.29, 1.82) is 0 Å². The average Bonchev–Trinajstić information content (AvgIpc) is 3.12. The number of nitrogens with zero attached hydrogens (tertiary/aromatic N) is 1. The van der Waals surface area contributed by atoms with Gasteiger partial charge in [0, 0.05) is 17.5 Å². The third kappa shape index (κ3) is 3.04. The van der Waals surface area contributed by atoms with E-state index < -0.39 is 10.0 Å². The highest BCUT2D eigenvalue weighted by molar-refractivity contribution is 7.91. The Labute approximate surface area is 131 Å². The number of sulfonamides is 1. The third-order valence-electron chi connectivity index (χ3n) is 4.78. The van der Waals surface area contributed by atoms with Gasteiger partial charge in [-0.25, -0.2) is 8.42 Å². The summed E-state index contributed by atoms with van der Waals surface area (Å²) in [5, 5.41) is 3.10. The zero-order valence-corrected chi connectivity index (χ0v) is 14.2. The lowest BCUT2D eigenvalue weighted by atomic mass is 9.86. The van der Waals surface area contributed by atoms with Crippen LogP contribution in [0, 0.1) is 5.92 Å². The lowest BCUT2D eigenvalue weighted by Gasteiger charge is -2.30. The number of rotatable bonds is 5. The predicted octanol–water partition coefficient (Wildman–Crippen LogP) is 2.46. The molecule has 0 radical (unpaired) electrons. The van der Waals surface area contributed by atoms with E-state index in [0.29, 0.717) is 16.7 Å². The Hall–Kier alpha value is -0.430. The van der Waals surface area contributed by atoms with Gasteiger partial charge in [-0.3, -0.25) is 0 Å². The van der Waals surface area contributed by atoms with E-state index in [9.17, 15) is 8.42 Å². The molecule has 21 heavy (non-hydrogen) atoms. The Morgan fingerprint density at radius 3 is 2.90 bits per heavy atom. The molecule has 1 aliphatic carbocycles. The van der Waals surface area contributed by atoms with Crippen molar-refractivity contribution in [2.75, 3.05) is 20.1 Å². The first kappa shape index (κ1) is 15.5. The van der Waals surface area contributed by atoms with Crippen molar-refractivity contribution in [3.8, 4) is 0 Å². The van der Waals surface area contributed by atoms with Gasteiger partial charge in [-0.1, -0.05) is 12.8 Å². The maximum absolute atomic E-state index is 12.9. The van der Waals surface area contributed by atoms with Crippen LogP contribution in [-0.4, -0.2) is 38.9 Å². The van der Waals surface area contributed by atoms with E-state index in [2.05, 4.69) is 5.32 Å². The van der Waals surface area contributed by atoms with Crippen molar-refractivity contribution in [3.05, 3.63) is 17.0 Å². The van der Waals surface area contributed by atoms with Crippen LogP contribution < -0.4 is 5.32 Å². The van der Waals surface area contributed by atoms with Crippen LogP contribution in [0.4, 0.5) is 0 Å². The van der Waals surface area contributed by atoms with Gasteiger partial charge in [0.15, 0.2) is 0 Å². The summed E-state index contributed by atoms with van der Waals surface area (Å²) in [4.78, 5) is 1.14. The molecule has 1 saturated carbocycles. The van der Waals surface area contributed by atoms with Gasteiger partial charge >= 0.3 is 0 Å². The van der Waals surface area contributed by atoms with Crippen LogP contribution >= 0.6 is 11.3 Å². The second kappa shape index (κ2) is 6.36. The molecule has 6 heteroatoms. The monoisotopic (exact) mass is 328 g/mol. The molecule has 0 aromatic carbocycles. The largest absolute Gasteiger partial charge is 0.319 e. The summed E-state index contributed by atoms with van der Waals surface area (Å²) in [5.74, 6) is 0.595. The summed E-state index contributed by atoms with van der Waals surface area (Å²) < 4.78 is 28.1. The third-order valence-corrected chi connectivity index (χ3v) is 8.32. The molecule has 118 valence electrons. The molecular formula is C15H24N2O2S2. The lowest BCUT2D eigenvalue weighted by molar-refractivity contribution is 0.260. The summed E-state index contributed by atoms with van der Waals surface area (Å²) in [6.07, 6.45) is 6.62. The summed E-state index contributed by atoms with van der Waals surface area (Å²) in [6.45, 7) is 1.59. The normalized spacial score (nSPS) is 26.9. The van der Waals surface area contributed by atoms with Crippen molar-refractivity contribution in [1.82, 2.24) is 9.62 Å². The maximum atomic E-state index is 12.9. The molecular weight excluding hydrogens is 304 g/mol. The molecule has 1 aliphatic heterocycles. The number of thiophene rings is 1. The summed E-state index contributed by atoms with van der Waals surface area (Å²) in [5.41, 5.74) is 0. The molecule has 3 rings (SSSR count). The number of fused-ring (bicyclic) bond motifs is 1. The smallest absolute Gasteiger partial charge is 0.252 e. The molecule has 2 unspecified atom stereocenters. The Kier molecular flexibility index (Phi) is 4.69. The maximum Gasteiger partial charge on any atom is 0.252 e. The number of hydrogen-bond acceptors (Lipinski definition) is 4. The van der Waals surface area contributed by atoms with Crippen LogP contribution in [0.25, 0.3) is 0 Å². The van der Waals surface area contributed by atoms with E-state index in [4.69, 9.17) is 0 Å². The SMILES string of the molecule is CNCCc1ccc(S(=O)(=O)N2CCC3CCCCC32)s1. The highest BCUT2D eigenvalue weighted by Crippen LogP contribution is 2.40. The van der Waals surface area contributed by atoms with E-state index in [1.165, 1.54) is 30.6 Å². The van der Waals surface area contributed by atoms with Crippen LogP contribution in [0.5, 0.6) is 0 Å². The van der Waals surface area contributed by atoms with Crippen molar-refractivity contribution in [2.45, 2.75) is 48.8 Å². The fraction of sp³-hybridized carbons (Fsp3) is 0.733. The molecule has 1 saturated heterocycles. The quantitative estimate of drug-likeness (QED) is 0.903. The molecule has 1 aromatic heterocycles. The Bertz CT molecular complexity index is 582. The van der Waals surface area contributed by atoms with Gasteiger partial charge in [0.25, 0.3) is 10.0 Å². The zero-order valence-electron chi connectivity index (χ0n) is 12.5. The highest BCUT2D eigenvalue weighted by Gasteiger charge is 2.42. The summed E-state index contributed by atoms with van der Waals surface area (Å²) in [7, 11) is -1.37. The highest BCUT2D eigenvalue weighted by atomic mass is 32.2. The van der Waals surface area contributed by atoms with Crippen LogP contribution in [0.2, 0.25) is 0 Å². The first-order chi connectivity index (χ1) is 10.1. The predicted molar refractivity (Wildman–Crippen MR) is 86.2 cm³/mol. The first-order valence-electron chi connectivity index (χ1n) is 7.88. The molecule has 2 aliphatic rings. The molecule has 0 spiro atoms. The Morgan fingerprint density at radius 1 is 1.29 bits per heavy atom. The summed E-state index contributed by atoms with van der Waals surface area (Å²) >= 11 is 1.44. The van der Waals surface area contributed by atoms with E-state index in [1.807, 2.05) is 13.1 Å². The van der Waals surface area contributed by atoms with Gasteiger partial charge < -0.3 is 5.32 Å². The van der Waals surface area contributed by atoms with Gasteiger partial charge in [0.2, 0.25) is 0 Å². The van der Waals surface area contributed by atoms with Crippen molar-refractivity contribution < 1.29 is 8.42 Å². The number of nitrogens with one attached hydrogen (secondary N) is 1. The van der Waals surface area contributed by atoms with Crippen LogP contribution in [0.1, 0.15) is 37.0 Å². The Balaban J connectivity index is 1.78. The van der Waals surface area contributed by atoms with E-state index in [0.717, 1.165) is 30.7 Å². The van der Waals surface area contributed by atoms with Crippen molar-refractivity contribution in [3.63, 3.8) is 0 Å². The van der Waals surface area contributed by atoms with Crippen LogP contribution in [0.3, 0.4) is 0 Å². The minimum absolute atomic E-state index is 0.256. The zero-order chi connectivity index (χ0) is 14.9. The molecule has 2 heterocycles. The molecule has 2 fully saturated rings. The van der Waals surface area contributed by atoms with Gasteiger partial charge in [0.1, 0.15) is 4.21 Å². The average molecular weight is 329 g/mol. The molecule has 0 bridgehead atoms. The van der Waals surface area contributed by atoms with Crippen LogP contribution in [-0.2, 0) is 16.4 Å². The standard InChI is InChI=1S/C15H24N2O2S2/c1-16-10-8-13-6-7-15(20-13)21(18,19)17-11-9-12-4-2-3-5-14(12)17/h6-7,12,14,16H,2-5,8-11H2,1H3. The molecule has 1 N–H and O–H groups in total. The molecule has 2 atom stereocenters. The fourth-order valence-corrected chi connectivity index (χ4v) is 6.87. The van der Waals surface area contributed by atoms with E-state index in [1.54, 1.807) is 10.4 Å². The second-order valence-corrected chi connectivity index (χ2v) is 9.38. The van der Waals surface area contributed by atoms with Gasteiger partial charge in [0.05, 0.1) is 0 Å². The van der Waals surface area contributed by atoms with Crippen molar-refractivity contribution in [2.24, 2.45) is 5.92 Å². The molecule has 0 amide bonds. The Morgan fingerprint density at radius 2 is 2.10 bits per heavy atom. The molecule has 1 aromatic rings. The number of hydrogen-bond donors (Lipinski definition) is 1. The lowest BCUT2D eigenvalue weighted by Crippen LogP contribution is -2.38. The topological polar surface area (TPSA) is 49.4 Å². The minimum Gasteiger partial charge on any atom is -0.319 e. The van der Waals surface area contributed by atoms with Gasteiger partial charge in [-0.05, 0) is 57.3 Å². The van der Waals surface area contributed by atoms with E-state index in [-0.39, 0.29) is 6.04 Å². The molecule has 4 nitrogen and oxygen atoms in total. The van der Waals surface area contributed by atoms with Crippen LogP contribution in [0.15, 0.2) is 16.3 Å².